The average Bonchev–Trinajstić information content (AvgIpc) is 2.94. The van der Waals surface area contributed by atoms with Gasteiger partial charge in [0.15, 0.2) is 6.04 Å². The molecule has 1 aliphatic rings. The molecular formula is C16H17N3O4. The Kier molecular flexibility index (Phi) is 4.01. The normalized spacial score (nSPS) is 16.7. The molecule has 0 bridgehead atoms. The number of fused-ring (bicyclic) bond motifs is 1. The van der Waals surface area contributed by atoms with Gasteiger partial charge in [0.25, 0.3) is 0 Å². The van der Waals surface area contributed by atoms with Gasteiger partial charge in [-0.3, -0.25) is 4.90 Å². The predicted octanol–water partition coefficient (Wildman–Crippen LogP) is 1.74. The molecular weight excluding hydrogens is 298 g/mol. The molecule has 2 heterocycles. The van der Waals surface area contributed by atoms with Gasteiger partial charge in [-0.25, -0.2) is 14.6 Å². The van der Waals surface area contributed by atoms with Gasteiger partial charge in [0.2, 0.25) is 0 Å². The van der Waals surface area contributed by atoms with Crippen LogP contribution in [0.3, 0.4) is 0 Å². The van der Waals surface area contributed by atoms with Crippen LogP contribution in [-0.2, 0) is 29.6 Å². The van der Waals surface area contributed by atoms with Crippen LogP contribution in [0.1, 0.15) is 23.0 Å². The highest BCUT2D eigenvalue weighted by Crippen LogP contribution is 2.29. The van der Waals surface area contributed by atoms with Crippen LogP contribution in [0.15, 0.2) is 36.7 Å². The van der Waals surface area contributed by atoms with Crippen LogP contribution in [-0.4, -0.2) is 38.2 Å². The number of aromatic nitrogens is 2. The molecule has 1 aromatic carbocycles. The van der Waals surface area contributed by atoms with Crippen LogP contribution >= 0.6 is 0 Å². The zero-order valence-corrected chi connectivity index (χ0v) is 12.7. The van der Waals surface area contributed by atoms with Gasteiger partial charge in [0.05, 0.1) is 12.0 Å². The first-order valence-electron chi connectivity index (χ1n) is 7.28. The van der Waals surface area contributed by atoms with Crippen molar-refractivity contribution < 1.29 is 19.4 Å². The molecule has 1 aliphatic heterocycles. The molecule has 0 spiro atoms. The molecule has 23 heavy (non-hydrogen) atoms. The van der Waals surface area contributed by atoms with Crippen molar-refractivity contribution in [1.29, 1.82) is 0 Å². The quantitative estimate of drug-likeness (QED) is 0.932. The number of carbonyl (C=O) groups excluding carboxylic acids is 1. The van der Waals surface area contributed by atoms with E-state index in [0.717, 1.165) is 11.3 Å². The monoisotopic (exact) mass is 315 g/mol. The Labute approximate surface area is 133 Å². The van der Waals surface area contributed by atoms with Gasteiger partial charge in [-0.2, -0.15) is 0 Å². The van der Waals surface area contributed by atoms with Crippen molar-refractivity contribution >= 4 is 12.1 Å². The maximum Gasteiger partial charge on any atom is 0.411 e. The topological polar surface area (TPSA) is 84.7 Å². The van der Waals surface area contributed by atoms with Crippen LogP contribution in [0, 0.1) is 0 Å². The number of carbonyl (C=O) groups is 2. The van der Waals surface area contributed by atoms with Crippen LogP contribution in [0.2, 0.25) is 0 Å². The molecule has 0 saturated heterocycles. The molecule has 0 fully saturated rings. The summed E-state index contributed by atoms with van der Waals surface area (Å²) in [5.74, 6) is -1.11. The predicted molar refractivity (Wildman–Crippen MR) is 80.6 cm³/mol. The lowest BCUT2D eigenvalue weighted by atomic mass is 10.0. The Hall–Kier alpha value is -2.83. The Morgan fingerprint density at radius 3 is 2.78 bits per heavy atom. The van der Waals surface area contributed by atoms with Crippen molar-refractivity contribution in [2.45, 2.75) is 19.1 Å². The first-order valence-corrected chi connectivity index (χ1v) is 7.28. The number of benzene rings is 1. The van der Waals surface area contributed by atoms with Gasteiger partial charge in [-0.05, 0) is 5.56 Å². The molecule has 1 unspecified atom stereocenters. The fourth-order valence-electron chi connectivity index (χ4n) is 2.76. The zero-order valence-electron chi connectivity index (χ0n) is 12.7. The van der Waals surface area contributed by atoms with Gasteiger partial charge in [0, 0.05) is 25.7 Å². The van der Waals surface area contributed by atoms with Crippen molar-refractivity contribution in [3.05, 3.63) is 53.6 Å². The summed E-state index contributed by atoms with van der Waals surface area (Å²) in [5, 5.41) is 9.50. The molecule has 1 atom stereocenters. The molecule has 0 saturated carbocycles. The van der Waals surface area contributed by atoms with E-state index in [0.29, 0.717) is 12.1 Å². The number of rotatable bonds is 3. The maximum atomic E-state index is 12.3. The fourth-order valence-corrected chi connectivity index (χ4v) is 2.76. The molecule has 1 N–H and O–H groups in total. The van der Waals surface area contributed by atoms with E-state index in [9.17, 15) is 14.7 Å². The maximum absolute atomic E-state index is 12.3. The Bertz CT molecular complexity index is 726. The van der Waals surface area contributed by atoms with E-state index in [1.54, 1.807) is 10.9 Å². The summed E-state index contributed by atoms with van der Waals surface area (Å²) in [7, 11) is 1.81. The minimum atomic E-state index is -1.11. The number of ether oxygens (including phenoxy) is 1. The van der Waals surface area contributed by atoms with E-state index < -0.39 is 18.1 Å². The number of hydrogen-bond donors (Lipinski definition) is 1. The minimum absolute atomic E-state index is 0.109. The molecule has 2 aromatic rings. The fraction of sp³-hybridized carbons (Fsp3) is 0.312. The van der Waals surface area contributed by atoms with Crippen LogP contribution in [0.4, 0.5) is 4.79 Å². The number of nitrogens with zero attached hydrogens (tertiary/aromatic N) is 3. The number of imidazole rings is 1. The third-order valence-electron chi connectivity index (χ3n) is 3.93. The van der Waals surface area contributed by atoms with E-state index >= 15 is 0 Å². The second-order valence-electron chi connectivity index (χ2n) is 5.41. The lowest BCUT2D eigenvalue weighted by Gasteiger charge is -2.31. The molecule has 120 valence electrons. The number of carboxylic acid groups (broad SMARTS) is 1. The van der Waals surface area contributed by atoms with Crippen molar-refractivity contribution in [2.24, 2.45) is 7.05 Å². The number of aliphatic carboxylic acids is 1. The molecule has 7 heteroatoms. The van der Waals surface area contributed by atoms with Crippen LogP contribution in [0.25, 0.3) is 0 Å². The average molecular weight is 315 g/mol. The molecule has 3 rings (SSSR count). The van der Waals surface area contributed by atoms with Crippen molar-refractivity contribution in [3.63, 3.8) is 0 Å². The zero-order chi connectivity index (χ0) is 16.4. The first kappa shape index (κ1) is 15.1. The third-order valence-corrected chi connectivity index (χ3v) is 3.93. The largest absolute Gasteiger partial charge is 0.479 e. The Balaban J connectivity index is 1.76. The highest BCUT2D eigenvalue weighted by atomic mass is 16.6. The first-order chi connectivity index (χ1) is 11.1. The van der Waals surface area contributed by atoms with Gasteiger partial charge >= 0.3 is 12.1 Å². The molecule has 1 aromatic heterocycles. The number of hydrogen-bond acceptors (Lipinski definition) is 4. The van der Waals surface area contributed by atoms with Crippen LogP contribution in [0.5, 0.6) is 0 Å². The summed E-state index contributed by atoms with van der Waals surface area (Å²) in [4.78, 5) is 29.3. The number of aryl methyl sites for hydroxylation is 1. The highest BCUT2D eigenvalue weighted by molar-refractivity contribution is 5.82. The summed E-state index contributed by atoms with van der Waals surface area (Å²) in [5.41, 5.74) is 2.09. The molecule has 1 amide bonds. The van der Waals surface area contributed by atoms with Gasteiger partial charge in [-0.1, -0.05) is 30.3 Å². The van der Waals surface area contributed by atoms with E-state index in [2.05, 4.69) is 4.98 Å². The number of amides is 1. The summed E-state index contributed by atoms with van der Waals surface area (Å²) >= 11 is 0. The van der Waals surface area contributed by atoms with Gasteiger partial charge < -0.3 is 14.4 Å². The summed E-state index contributed by atoms with van der Waals surface area (Å²) in [6.45, 7) is 0.398. The lowest BCUT2D eigenvalue weighted by molar-refractivity contribution is -0.143. The van der Waals surface area contributed by atoms with E-state index in [1.165, 1.54) is 4.90 Å². The highest BCUT2D eigenvalue weighted by Gasteiger charge is 2.39. The summed E-state index contributed by atoms with van der Waals surface area (Å²) < 4.78 is 7.05. The Morgan fingerprint density at radius 1 is 1.35 bits per heavy atom. The van der Waals surface area contributed by atoms with Crippen LogP contribution < -0.4 is 0 Å². The molecule has 0 radical (unpaired) electrons. The molecule has 0 aliphatic carbocycles. The Morgan fingerprint density at radius 2 is 2.09 bits per heavy atom. The lowest BCUT2D eigenvalue weighted by Crippen LogP contribution is -2.44. The second-order valence-corrected chi connectivity index (χ2v) is 5.41. The van der Waals surface area contributed by atoms with E-state index in [4.69, 9.17) is 4.74 Å². The number of carboxylic acids is 1. The minimum Gasteiger partial charge on any atom is -0.479 e. The van der Waals surface area contributed by atoms with Gasteiger partial charge in [-0.15, -0.1) is 0 Å². The van der Waals surface area contributed by atoms with E-state index in [-0.39, 0.29) is 13.2 Å². The van der Waals surface area contributed by atoms with Crippen molar-refractivity contribution in [1.82, 2.24) is 14.5 Å². The van der Waals surface area contributed by atoms with Crippen molar-refractivity contribution in [3.8, 4) is 0 Å². The SMILES string of the molecule is Cn1cnc2c1CCN(C(=O)OCc1ccccc1)C2C(=O)O. The van der Waals surface area contributed by atoms with Gasteiger partial charge in [0.1, 0.15) is 6.61 Å². The summed E-state index contributed by atoms with van der Waals surface area (Å²) in [6, 6.07) is 8.15. The van der Waals surface area contributed by atoms with E-state index in [1.807, 2.05) is 37.4 Å². The second kappa shape index (κ2) is 6.12. The standard InChI is InChI=1S/C16H17N3O4/c1-18-10-17-13-12(18)7-8-19(14(13)15(20)21)16(22)23-9-11-5-3-2-4-6-11/h2-6,10,14H,7-9H2,1H3,(H,20,21). The molecule has 7 nitrogen and oxygen atoms in total. The summed E-state index contributed by atoms with van der Waals surface area (Å²) in [6.07, 6.45) is 1.48. The smallest absolute Gasteiger partial charge is 0.411 e. The van der Waals surface area contributed by atoms with Crippen molar-refractivity contribution in [2.75, 3.05) is 6.54 Å². The third kappa shape index (κ3) is 2.90.